The molecule has 1 atom stereocenters. The highest BCUT2D eigenvalue weighted by Crippen LogP contribution is 2.16. The fourth-order valence-electron chi connectivity index (χ4n) is 7.79. The normalized spacial score (nSPS) is 12.2. The van der Waals surface area contributed by atoms with Gasteiger partial charge in [-0.25, -0.2) is 0 Å². The maximum Gasteiger partial charge on any atom is 0.306 e. The van der Waals surface area contributed by atoms with Gasteiger partial charge in [0.05, 0.1) is 0 Å². The average Bonchev–Trinajstić information content (AvgIpc) is 3.27. The third kappa shape index (κ3) is 48.7. The lowest BCUT2D eigenvalue weighted by Gasteiger charge is -2.18. The van der Waals surface area contributed by atoms with E-state index in [1.807, 2.05) is 0 Å². The third-order valence-electron chi connectivity index (χ3n) is 11.9. The summed E-state index contributed by atoms with van der Waals surface area (Å²) in [7, 11) is 0. The van der Waals surface area contributed by atoms with E-state index in [9.17, 15) is 14.4 Å². The van der Waals surface area contributed by atoms with Gasteiger partial charge in [0.1, 0.15) is 13.2 Å². The Morgan fingerprint density at radius 2 is 0.597 bits per heavy atom. The molecule has 0 amide bonds. The predicted molar refractivity (Wildman–Crippen MR) is 266 cm³/mol. The van der Waals surface area contributed by atoms with Crippen LogP contribution in [0.15, 0.2) is 36.5 Å². The Morgan fingerprint density at radius 1 is 0.323 bits per heavy atom. The van der Waals surface area contributed by atoms with Crippen LogP contribution in [-0.4, -0.2) is 37.2 Å². The molecule has 0 fully saturated rings. The zero-order valence-electron chi connectivity index (χ0n) is 41.4. The molecule has 6 nitrogen and oxygen atoms in total. The molecule has 0 aromatic rings. The Kier molecular flexibility index (Phi) is 49.3. The Labute approximate surface area is 385 Å². The second kappa shape index (κ2) is 51.3. The van der Waals surface area contributed by atoms with Gasteiger partial charge in [0.25, 0.3) is 0 Å². The zero-order valence-corrected chi connectivity index (χ0v) is 41.4. The molecule has 0 aliphatic rings. The van der Waals surface area contributed by atoms with Crippen LogP contribution in [0.3, 0.4) is 0 Å². The molecule has 0 aliphatic heterocycles. The van der Waals surface area contributed by atoms with E-state index in [2.05, 4.69) is 57.2 Å². The highest BCUT2D eigenvalue weighted by Gasteiger charge is 2.19. The van der Waals surface area contributed by atoms with Crippen molar-refractivity contribution >= 4 is 17.9 Å². The third-order valence-corrected chi connectivity index (χ3v) is 11.9. The largest absolute Gasteiger partial charge is 0.462 e. The van der Waals surface area contributed by atoms with E-state index in [0.29, 0.717) is 19.3 Å². The van der Waals surface area contributed by atoms with Crippen molar-refractivity contribution in [1.82, 2.24) is 0 Å². The number of ether oxygens (including phenoxy) is 3. The van der Waals surface area contributed by atoms with Gasteiger partial charge in [-0.3, -0.25) is 14.4 Å². The summed E-state index contributed by atoms with van der Waals surface area (Å²) < 4.78 is 16.8. The number of hydrogen-bond donors (Lipinski definition) is 0. The number of carbonyl (C=O) groups is 3. The van der Waals surface area contributed by atoms with Gasteiger partial charge in [0.15, 0.2) is 6.10 Å². The summed E-state index contributed by atoms with van der Waals surface area (Å²) in [6.45, 7) is 6.59. The van der Waals surface area contributed by atoms with E-state index in [-0.39, 0.29) is 31.1 Å². The van der Waals surface area contributed by atoms with E-state index in [0.717, 1.165) is 77.0 Å². The molecule has 0 N–H and O–H groups in total. The molecule has 0 aliphatic carbocycles. The summed E-state index contributed by atoms with van der Waals surface area (Å²) in [5.74, 6) is -0.924. The molecule has 0 aromatic carbocycles. The van der Waals surface area contributed by atoms with Gasteiger partial charge in [-0.2, -0.15) is 0 Å². The van der Waals surface area contributed by atoms with E-state index < -0.39 is 6.10 Å². The summed E-state index contributed by atoms with van der Waals surface area (Å²) in [5, 5.41) is 0. The Bertz CT molecular complexity index is 1050. The van der Waals surface area contributed by atoms with Gasteiger partial charge in [0, 0.05) is 19.3 Å². The zero-order chi connectivity index (χ0) is 45.1. The molecule has 1 unspecified atom stereocenters. The Morgan fingerprint density at radius 3 is 0.984 bits per heavy atom. The Balaban J connectivity index is 4.31. The summed E-state index contributed by atoms with van der Waals surface area (Å²) >= 11 is 0. The quantitative estimate of drug-likeness (QED) is 0.0199. The summed E-state index contributed by atoms with van der Waals surface area (Å²) in [6, 6.07) is 0. The first-order valence-electron chi connectivity index (χ1n) is 27.0. The van der Waals surface area contributed by atoms with Crippen LogP contribution in [0.2, 0.25) is 0 Å². The molecule has 0 spiro atoms. The van der Waals surface area contributed by atoms with Crippen LogP contribution in [0.25, 0.3) is 0 Å². The van der Waals surface area contributed by atoms with Crippen LogP contribution in [0.1, 0.15) is 284 Å². The lowest BCUT2D eigenvalue weighted by Crippen LogP contribution is -2.30. The maximum atomic E-state index is 12.8. The first kappa shape index (κ1) is 59.6. The standard InChI is InChI=1S/C56H102O6/c1-4-7-10-13-16-19-21-23-25-27-29-30-32-34-37-40-43-46-49-55(58)61-52-53(51-60-54(57)48-45-42-39-36-18-15-12-9-6-3)62-56(59)50-47-44-41-38-35-33-31-28-26-24-22-20-17-14-11-8-5-2/h25,27,29-30,36,39,53H,4-24,26,28,31-35,37-38,40-52H2,1-3H3/b27-25-,30-29-,39-36-. The van der Waals surface area contributed by atoms with Gasteiger partial charge < -0.3 is 14.2 Å². The molecule has 0 saturated heterocycles. The minimum Gasteiger partial charge on any atom is -0.462 e. The van der Waals surface area contributed by atoms with Crippen molar-refractivity contribution in [2.45, 2.75) is 290 Å². The SMILES string of the molecule is CCCCCC/C=C\CCCC(=O)OCC(COC(=O)CCCCCCC/C=C\C=C/CCCCCCCCC)OC(=O)CCCCCCCCCCCCCCCCCCC. The molecule has 0 aromatic heterocycles. The molecule has 0 heterocycles. The number of esters is 3. The van der Waals surface area contributed by atoms with Crippen molar-refractivity contribution in [2.75, 3.05) is 13.2 Å². The fourth-order valence-corrected chi connectivity index (χ4v) is 7.79. The van der Waals surface area contributed by atoms with Crippen LogP contribution in [0, 0.1) is 0 Å². The van der Waals surface area contributed by atoms with Crippen molar-refractivity contribution in [1.29, 1.82) is 0 Å². The Hall–Kier alpha value is -2.37. The van der Waals surface area contributed by atoms with Crippen LogP contribution >= 0.6 is 0 Å². The van der Waals surface area contributed by atoms with E-state index in [1.165, 1.54) is 167 Å². The topological polar surface area (TPSA) is 78.9 Å². The number of allylic oxidation sites excluding steroid dienone is 6. The van der Waals surface area contributed by atoms with E-state index >= 15 is 0 Å². The summed E-state index contributed by atoms with van der Waals surface area (Å²) in [4.78, 5) is 37.9. The monoisotopic (exact) mass is 871 g/mol. The average molecular weight is 871 g/mol. The minimum atomic E-state index is -0.785. The lowest BCUT2D eigenvalue weighted by molar-refractivity contribution is -0.167. The van der Waals surface area contributed by atoms with Gasteiger partial charge >= 0.3 is 17.9 Å². The molecule has 62 heavy (non-hydrogen) atoms. The van der Waals surface area contributed by atoms with Crippen molar-refractivity contribution in [3.63, 3.8) is 0 Å². The molecule has 0 bridgehead atoms. The fraction of sp³-hybridized carbons (Fsp3) is 0.839. The summed E-state index contributed by atoms with van der Waals surface area (Å²) in [6.07, 6.45) is 60.0. The van der Waals surface area contributed by atoms with Crippen molar-refractivity contribution in [3.8, 4) is 0 Å². The predicted octanol–water partition coefficient (Wildman–Crippen LogP) is 17.7. The van der Waals surface area contributed by atoms with Crippen LogP contribution in [0.5, 0.6) is 0 Å². The lowest BCUT2D eigenvalue weighted by atomic mass is 10.0. The number of hydrogen-bond acceptors (Lipinski definition) is 6. The van der Waals surface area contributed by atoms with Gasteiger partial charge in [-0.1, -0.05) is 237 Å². The van der Waals surface area contributed by atoms with Crippen molar-refractivity contribution < 1.29 is 28.6 Å². The van der Waals surface area contributed by atoms with Crippen molar-refractivity contribution in [3.05, 3.63) is 36.5 Å². The maximum absolute atomic E-state index is 12.8. The summed E-state index contributed by atoms with van der Waals surface area (Å²) in [5.41, 5.74) is 0. The first-order chi connectivity index (χ1) is 30.5. The second-order valence-electron chi connectivity index (χ2n) is 18.2. The molecule has 0 saturated carbocycles. The van der Waals surface area contributed by atoms with Crippen LogP contribution in [-0.2, 0) is 28.6 Å². The molecule has 362 valence electrons. The van der Waals surface area contributed by atoms with E-state index in [4.69, 9.17) is 14.2 Å². The van der Waals surface area contributed by atoms with Gasteiger partial charge in [0.2, 0.25) is 0 Å². The highest BCUT2D eigenvalue weighted by atomic mass is 16.6. The van der Waals surface area contributed by atoms with Crippen molar-refractivity contribution in [2.24, 2.45) is 0 Å². The molecule has 6 heteroatoms. The smallest absolute Gasteiger partial charge is 0.306 e. The molecular weight excluding hydrogens is 769 g/mol. The minimum absolute atomic E-state index is 0.0858. The number of carbonyl (C=O) groups excluding carboxylic acids is 3. The molecular formula is C56H102O6. The number of unbranched alkanes of at least 4 members (excludes halogenated alkanes) is 33. The molecule has 0 radical (unpaired) electrons. The second-order valence-corrected chi connectivity index (χ2v) is 18.2. The number of rotatable bonds is 49. The van der Waals surface area contributed by atoms with Crippen LogP contribution < -0.4 is 0 Å². The molecule has 0 rings (SSSR count). The van der Waals surface area contributed by atoms with Gasteiger partial charge in [-0.05, 0) is 64.2 Å². The van der Waals surface area contributed by atoms with E-state index in [1.54, 1.807) is 0 Å². The first-order valence-corrected chi connectivity index (χ1v) is 27.0. The van der Waals surface area contributed by atoms with Gasteiger partial charge in [-0.15, -0.1) is 0 Å². The van der Waals surface area contributed by atoms with Crippen LogP contribution in [0.4, 0.5) is 0 Å². The highest BCUT2D eigenvalue weighted by molar-refractivity contribution is 5.71.